The quantitative estimate of drug-likeness (QED) is 0.661. The Bertz CT molecular complexity index is 645. The molecule has 0 radical (unpaired) electrons. The third-order valence-corrected chi connectivity index (χ3v) is 3.55. The fourth-order valence-electron chi connectivity index (χ4n) is 1.71. The Kier molecular flexibility index (Phi) is 4.92. The summed E-state index contributed by atoms with van der Waals surface area (Å²) in [6, 6.07) is 9.05. The molecule has 0 spiro atoms. The van der Waals surface area contributed by atoms with Crippen molar-refractivity contribution in [3.05, 3.63) is 56.5 Å². The van der Waals surface area contributed by atoms with Crippen molar-refractivity contribution in [2.45, 2.75) is 6.92 Å². The van der Waals surface area contributed by atoms with Gasteiger partial charge >= 0.3 is 0 Å². The fraction of sp³-hybridized carbons (Fsp3) is 0.133. The van der Waals surface area contributed by atoms with Crippen LogP contribution in [0.1, 0.15) is 11.1 Å². The van der Waals surface area contributed by atoms with Gasteiger partial charge in [-0.25, -0.2) is 0 Å². The van der Waals surface area contributed by atoms with E-state index in [4.69, 9.17) is 39.5 Å². The zero-order chi connectivity index (χ0) is 14.7. The number of hydrogen-bond donors (Lipinski definition) is 0. The molecular formula is C15H12Cl3NO. The largest absolute Gasteiger partial charge is 0.494 e. The molecule has 0 aliphatic carbocycles. The minimum absolute atomic E-state index is 0.448. The highest BCUT2D eigenvalue weighted by Crippen LogP contribution is 2.33. The molecule has 104 valence electrons. The van der Waals surface area contributed by atoms with Crippen LogP contribution in [0.2, 0.25) is 15.1 Å². The number of ether oxygens (including phenoxy) is 1. The summed E-state index contributed by atoms with van der Waals surface area (Å²) in [5.41, 5.74) is 2.64. The summed E-state index contributed by atoms with van der Waals surface area (Å²) in [7, 11) is 1.52. The van der Waals surface area contributed by atoms with Gasteiger partial charge in [-0.05, 0) is 42.3 Å². The standard InChI is InChI=1S/C15H12Cl3NO/c1-9-3-4-11(16)7-14(9)19-8-10-5-12(17)15(20-2)13(18)6-10/h3-8H,1-2H3. The van der Waals surface area contributed by atoms with Gasteiger partial charge in [0.2, 0.25) is 0 Å². The molecule has 0 saturated heterocycles. The second kappa shape index (κ2) is 6.49. The molecule has 20 heavy (non-hydrogen) atoms. The van der Waals surface area contributed by atoms with E-state index in [1.807, 2.05) is 19.1 Å². The lowest BCUT2D eigenvalue weighted by Gasteiger charge is -2.06. The lowest BCUT2D eigenvalue weighted by Crippen LogP contribution is -1.89. The summed E-state index contributed by atoms with van der Waals surface area (Å²) in [6.45, 7) is 1.97. The van der Waals surface area contributed by atoms with Crippen molar-refractivity contribution in [3.8, 4) is 5.75 Å². The molecular weight excluding hydrogens is 317 g/mol. The number of methoxy groups -OCH3 is 1. The lowest BCUT2D eigenvalue weighted by atomic mass is 10.2. The van der Waals surface area contributed by atoms with Gasteiger partial charge in [-0.3, -0.25) is 4.99 Å². The van der Waals surface area contributed by atoms with Crippen LogP contribution in [-0.2, 0) is 0 Å². The van der Waals surface area contributed by atoms with E-state index >= 15 is 0 Å². The maximum Gasteiger partial charge on any atom is 0.156 e. The fourth-order valence-corrected chi connectivity index (χ4v) is 2.54. The van der Waals surface area contributed by atoms with Crippen LogP contribution in [-0.4, -0.2) is 13.3 Å². The molecule has 0 saturated carbocycles. The summed E-state index contributed by atoms with van der Waals surface area (Å²) in [5, 5.41) is 1.54. The van der Waals surface area contributed by atoms with E-state index in [2.05, 4.69) is 4.99 Å². The molecule has 0 atom stereocenters. The molecule has 0 N–H and O–H groups in total. The van der Waals surface area contributed by atoms with E-state index in [1.165, 1.54) is 7.11 Å². The zero-order valence-electron chi connectivity index (χ0n) is 11.0. The Morgan fingerprint density at radius 3 is 2.30 bits per heavy atom. The summed E-state index contributed by atoms with van der Waals surface area (Å²) in [4.78, 5) is 4.41. The molecule has 0 unspecified atom stereocenters. The first kappa shape index (κ1) is 15.2. The Balaban J connectivity index is 2.34. The first-order chi connectivity index (χ1) is 9.51. The van der Waals surface area contributed by atoms with Crippen LogP contribution in [0.25, 0.3) is 0 Å². The highest BCUT2D eigenvalue weighted by atomic mass is 35.5. The van der Waals surface area contributed by atoms with Gasteiger partial charge in [-0.15, -0.1) is 0 Å². The minimum atomic E-state index is 0.448. The van der Waals surface area contributed by atoms with Crippen molar-refractivity contribution < 1.29 is 4.74 Å². The van der Waals surface area contributed by atoms with E-state index in [0.717, 1.165) is 16.8 Å². The van der Waals surface area contributed by atoms with E-state index in [-0.39, 0.29) is 0 Å². The third-order valence-electron chi connectivity index (χ3n) is 2.75. The Labute approximate surface area is 133 Å². The maximum atomic E-state index is 6.08. The van der Waals surface area contributed by atoms with Gasteiger partial charge in [0, 0.05) is 11.2 Å². The van der Waals surface area contributed by atoms with E-state index in [0.29, 0.717) is 20.8 Å². The summed E-state index contributed by atoms with van der Waals surface area (Å²) in [6.07, 6.45) is 1.69. The molecule has 0 fully saturated rings. The van der Waals surface area contributed by atoms with Crippen molar-refractivity contribution in [3.63, 3.8) is 0 Å². The van der Waals surface area contributed by atoms with Crippen molar-refractivity contribution in [2.75, 3.05) is 7.11 Å². The summed E-state index contributed by atoms with van der Waals surface area (Å²) >= 11 is 18.1. The van der Waals surface area contributed by atoms with Crippen LogP contribution in [0, 0.1) is 6.92 Å². The van der Waals surface area contributed by atoms with Gasteiger partial charge in [-0.2, -0.15) is 0 Å². The van der Waals surface area contributed by atoms with Crippen LogP contribution in [0.15, 0.2) is 35.3 Å². The van der Waals surface area contributed by atoms with Gasteiger partial charge in [0.05, 0.1) is 22.8 Å². The van der Waals surface area contributed by atoms with E-state index < -0.39 is 0 Å². The molecule has 2 nitrogen and oxygen atoms in total. The predicted molar refractivity (Wildman–Crippen MR) is 86.5 cm³/mol. The van der Waals surface area contributed by atoms with Gasteiger partial charge in [0.15, 0.2) is 5.75 Å². The van der Waals surface area contributed by atoms with Crippen LogP contribution in [0.3, 0.4) is 0 Å². The predicted octanol–water partition coefficient (Wildman–Crippen LogP) is 5.71. The first-order valence-corrected chi connectivity index (χ1v) is 6.98. The smallest absolute Gasteiger partial charge is 0.156 e. The SMILES string of the molecule is COc1c(Cl)cc(C=Nc2cc(Cl)ccc2C)cc1Cl. The minimum Gasteiger partial charge on any atom is -0.494 e. The van der Waals surface area contributed by atoms with Gasteiger partial charge < -0.3 is 4.74 Å². The molecule has 2 aromatic rings. The molecule has 0 heterocycles. The number of aliphatic imine (C=N–C) groups is 1. The topological polar surface area (TPSA) is 21.6 Å². The van der Waals surface area contributed by atoms with E-state index in [1.54, 1.807) is 24.4 Å². The van der Waals surface area contributed by atoms with Crippen LogP contribution >= 0.6 is 34.8 Å². The molecule has 5 heteroatoms. The average molecular weight is 329 g/mol. The number of nitrogens with zero attached hydrogens (tertiary/aromatic N) is 1. The molecule has 0 aromatic heterocycles. The number of hydrogen-bond acceptors (Lipinski definition) is 2. The summed E-state index contributed by atoms with van der Waals surface area (Å²) in [5.74, 6) is 0.462. The Morgan fingerprint density at radius 2 is 1.70 bits per heavy atom. The maximum absolute atomic E-state index is 6.08. The number of halogens is 3. The zero-order valence-corrected chi connectivity index (χ0v) is 13.2. The van der Waals surface area contributed by atoms with Gasteiger partial charge in [-0.1, -0.05) is 40.9 Å². The van der Waals surface area contributed by atoms with Crippen molar-refractivity contribution in [1.82, 2.24) is 0 Å². The number of benzene rings is 2. The molecule has 2 rings (SSSR count). The van der Waals surface area contributed by atoms with Crippen LogP contribution in [0.5, 0.6) is 5.75 Å². The van der Waals surface area contributed by atoms with Gasteiger partial charge in [0.25, 0.3) is 0 Å². The lowest BCUT2D eigenvalue weighted by molar-refractivity contribution is 0.415. The van der Waals surface area contributed by atoms with Crippen molar-refractivity contribution >= 4 is 46.7 Å². The molecule has 2 aromatic carbocycles. The monoisotopic (exact) mass is 327 g/mol. The highest BCUT2D eigenvalue weighted by Gasteiger charge is 2.07. The Hall–Kier alpha value is -1.22. The van der Waals surface area contributed by atoms with Gasteiger partial charge in [0.1, 0.15) is 0 Å². The molecule has 0 aliphatic heterocycles. The van der Waals surface area contributed by atoms with Crippen molar-refractivity contribution in [2.24, 2.45) is 4.99 Å². The molecule has 0 amide bonds. The highest BCUT2D eigenvalue weighted by molar-refractivity contribution is 6.37. The normalized spacial score (nSPS) is 11.1. The second-order valence-corrected chi connectivity index (χ2v) is 5.46. The van der Waals surface area contributed by atoms with E-state index in [9.17, 15) is 0 Å². The van der Waals surface area contributed by atoms with Crippen LogP contribution in [0.4, 0.5) is 5.69 Å². The molecule has 0 bridgehead atoms. The third kappa shape index (κ3) is 3.45. The average Bonchev–Trinajstić information content (AvgIpc) is 2.39. The van der Waals surface area contributed by atoms with Crippen molar-refractivity contribution in [1.29, 1.82) is 0 Å². The Morgan fingerprint density at radius 1 is 1.05 bits per heavy atom. The first-order valence-electron chi connectivity index (χ1n) is 5.84. The summed E-state index contributed by atoms with van der Waals surface area (Å²) < 4.78 is 5.10. The van der Waals surface area contributed by atoms with Crippen LogP contribution < -0.4 is 4.74 Å². The second-order valence-electron chi connectivity index (χ2n) is 4.21. The number of aryl methyl sites for hydroxylation is 1. The number of rotatable bonds is 3. The molecule has 0 aliphatic rings.